The maximum atomic E-state index is 11.2. The monoisotopic (exact) mass is 218 g/mol. The summed E-state index contributed by atoms with van der Waals surface area (Å²) in [6.07, 6.45) is -0.588. The number of carbonyl (C=O) groups is 2. The summed E-state index contributed by atoms with van der Waals surface area (Å²) in [5.41, 5.74) is 0.0661. The first kappa shape index (κ1) is 9.64. The third-order valence-corrected chi connectivity index (χ3v) is 2.32. The molecule has 1 fully saturated rings. The summed E-state index contributed by atoms with van der Waals surface area (Å²) in [7, 11) is 0. The Kier molecular flexibility index (Phi) is 2.54. The molecule has 0 saturated carbocycles. The van der Waals surface area contributed by atoms with E-state index in [9.17, 15) is 9.59 Å². The molecule has 76 valence electrons. The number of rotatable bonds is 1. The number of hydrogen-bond acceptors (Lipinski definition) is 5. The smallest absolute Gasteiger partial charge is 0.358 e. The Balaban J connectivity index is 2.23. The van der Waals surface area contributed by atoms with Gasteiger partial charge in [0.2, 0.25) is 0 Å². The van der Waals surface area contributed by atoms with Crippen molar-refractivity contribution in [2.24, 2.45) is 0 Å². The van der Waals surface area contributed by atoms with Gasteiger partial charge >= 0.3 is 11.9 Å². The van der Waals surface area contributed by atoms with Crippen molar-refractivity contribution in [2.75, 3.05) is 19.8 Å². The molecule has 2 rings (SSSR count). The fourth-order valence-electron chi connectivity index (χ4n) is 1.31. The molecule has 0 aliphatic carbocycles. The molecule has 0 aromatic carbocycles. The first-order chi connectivity index (χ1) is 6.70. The van der Waals surface area contributed by atoms with Crippen molar-refractivity contribution in [1.29, 1.82) is 0 Å². The van der Waals surface area contributed by atoms with Crippen LogP contribution >= 0.6 is 11.6 Å². The highest BCUT2D eigenvalue weighted by atomic mass is 35.5. The van der Waals surface area contributed by atoms with Gasteiger partial charge in [0.1, 0.15) is 11.1 Å². The highest BCUT2D eigenvalue weighted by molar-refractivity contribution is 6.46. The van der Waals surface area contributed by atoms with Crippen LogP contribution in [0.4, 0.5) is 0 Å². The maximum Gasteiger partial charge on any atom is 0.358 e. The molecule has 2 aliphatic rings. The van der Waals surface area contributed by atoms with Crippen LogP contribution in [0.2, 0.25) is 0 Å². The Labute approximate surface area is 84.6 Å². The average Bonchev–Trinajstić information content (AvgIpc) is 2.43. The lowest BCUT2D eigenvalue weighted by Crippen LogP contribution is -2.32. The molecular weight excluding hydrogens is 212 g/mol. The molecule has 0 aromatic rings. The van der Waals surface area contributed by atoms with Gasteiger partial charge in [-0.3, -0.25) is 0 Å². The molecule has 2 heterocycles. The predicted octanol–water partition coefficient (Wildman–Crippen LogP) is -0.0219. The first-order valence-electron chi connectivity index (χ1n) is 4.05. The lowest BCUT2D eigenvalue weighted by Gasteiger charge is -2.22. The van der Waals surface area contributed by atoms with Gasteiger partial charge in [-0.1, -0.05) is 11.6 Å². The van der Waals surface area contributed by atoms with Gasteiger partial charge in [0.25, 0.3) is 0 Å². The molecule has 0 radical (unpaired) electrons. The predicted molar refractivity (Wildman–Crippen MR) is 44.5 cm³/mol. The molecule has 0 spiro atoms. The molecular formula is C8H7ClO5. The topological polar surface area (TPSA) is 61.8 Å². The second kappa shape index (κ2) is 3.68. The molecule has 1 atom stereocenters. The van der Waals surface area contributed by atoms with E-state index in [1.54, 1.807) is 0 Å². The second-order valence-corrected chi connectivity index (χ2v) is 3.22. The minimum absolute atomic E-state index is 0.0661. The largest absolute Gasteiger partial charge is 0.385 e. The van der Waals surface area contributed by atoms with Crippen LogP contribution < -0.4 is 0 Å². The summed E-state index contributed by atoms with van der Waals surface area (Å²) in [6, 6.07) is 0. The first-order valence-corrected chi connectivity index (χ1v) is 4.43. The average molecular weight is 219 g/mol. The summed E-state index contributed by atoms with van der Waals surface area (Å²) in [5, 5.41) is -0.203. The van der Waals surface area contributed by atoms with Crippen molar-refractivity contribution in [3.05, 3.63) is 10.6 Å². The fourth-order valence-corrected chi connectivity index (χ4v) is 1.55. The van der Waals surface area contributed by atoms with Crippen LogP contribution in [0.15, 0.2) is 10.6 Å². The Morgan fingerprint density at radius 1 is 1.21 bits per heavy atom. The lowest BCUT2D eigenvalue weighted by molar-refractivity contribution is -0.152. The van der Waals surface area contributed by atoms with Crippen LogP contribution in [0.5, 0.6) is 0 Å². The molecule has 1 saturated heterocycles. The van der Waals surface area contributed by atoms with Gasteiger partial charge in [0, 0.05) is 0 Å². The molecule has 0 amide bonds. The zero-order valence-corrected chi connectivity index (χ0v) is 7.87. The second-order valence-electron chi connectivity index (χ2n) is 2.84. The van der Waals surface area contributed by atoms with Crippen molar-refractivity contribution in [3.63, 3.8) is 0 Å². The summed E-state index contributed by atoms with van der Waals surface area (Å²) in [6.45, 7) is 1.07. The minimum Gasteiger partial charge on any atom is -0.385 e. The van der Waals surface area contributed by atoms with Crippen molar-refractivity contribution < 1.29 is 23.8 Å². The van der Waals surface area contributed by atoms with Crippen LogP contribution in [0, 0.1) is 0 Å². The molecule has 0 N–H and O–H groups in total. The summed E-state index contributed by atoms with van der Waals surface area (Å²) in [4.78, 5) is 22.1. The molecule has 1 unspecified atom stereocenters. The summed E-state index contributed by atoms with van der Waals surface area (Å²) in [5.74, 6) is -1.56. The van der Waals surface area contributed by atoms with Crippen LogP contribution in [0.25, 0.3) is 0 Å². The zero-order chi connectivity index (χ0) is 10.1. The van der Waals surface area contributed by atoms with Gasteiger partial charge in [0.15, 0.2) is 0 Å². The number of carbonyl (C=O) groups excluding carboxylic acids is 2. The van der Waals surface area contributed by atoms with E-state index in [1.165, 1.54) is 0 Å². The SMILES string of the molecule is O=C1OC(=O)C(C2COCCO2)=C1Cl. The van der Waals surface area contributed by atoms with E-state index in [-0.39, 0.29) is 17.2 Å². The molecule has 0 bridgehead atoms. The van der Waals surface area contributed by atoms with Crippen LogP contribution in [0.1, 0.15) is 0 Å². The van der Waals surface area contributed by atoms with E-state index in [2.05, 4.69) is 4.74 Å². The van der Waals surface area contributed by atoms with Crippen molar-refractivity contribution in [2.45, 2.75) is 6.10 Å². The summed E-state index contributed by atoms with van der Waals surface area (Å²) < 4.78 is 14.6. The van der Waals surface area contributed by atoms with Gasteiger partial charge in [-0.15, -0.1) is 0 Å². The number of esters is 2. The normalized spacial score (nSPS) is 28.2. The van der Waals surface area contributed by atoms with E-state index in [0.717, 1.165) is 0 Å². The Bertz CT molecular complexity index is 316. The van der Waals surface area contributed by atoms with Crippen LogP contribution in [-0.4, -0.2) is 37.9 Å². The van der Waals surface area contributed by atoms with Crippen molar-refractivity contribution in [3.8, 4) is 0 Å². The van der Waals surface area contributed by atoms with Gasteiger partial charge in [-0.05, 0) is 0 Å². The molecule has 2 aliphatic heterocycles. The highest BCUT2D eigenvalue weighted by Crippen LogP contribution is 2.26. The zero-order valence-electron chi connectivity index (χ0n) is 7.12. The van der Waals surface area contributed by atoms with E-state index >= 15 is 0 Å². The van der Waals surface area contributed by atoms with E-state index in [1.807, 2.05) is 0 Å². The van der Waals surface area contributed by atoms with Crippen LogP contribution in [0.3, 0.4) is 0 Å². The van der Waals surface area contributed by atoms with Gasteiger partial charge in [-0.2, -0.15) is 0 Å². The number of ether oxygens (including phenoxy) is 3. The Morgan fingerprint density at radius 3 is 2.50 bits per heavy atom. The molecule has 0 aromatic heterocycles. The quantitative estimate of drug-likeness (QED) is 0.457. The minimum atomic E-state index is -0.819. The van der Waals surface area contributed by atoms with Crippen molar-refractivity contribution >= 4 is 23.5 Å². The Hall–Kier alpha value is -0.910. The van der Waals surface area contributed by atoms with Gasteiger partial charge < -0.3 is 14.2 Å². The van der Waals surface area contributed by atoms with E-state index < -0.39 is 18.0 Å². The lowest BCUT2D eigenvalue weighted by atomic mass is 10.1. The van der Waals surface area contributed by atoms with E-state index in [4.69, 9.17) is 21.1 Å². The summed E-state index contributed by atoms with van der Waals surface area (Å²) >= 11 is 5.61. The maximum absolute atomic E-state index is 11.2. The van der Waals surface area contributed by atoms with Gasteiger partial charge in [0.05, 0.1) is 25.4 Å². The number of cyclic esters (lactones) is 2. The van der Waals surface area contributed by atoms with Crippen molar-refractivity contribution in [1.82, 2.24) is 0 Å². The number of hydrogen-bond donors (Lipinski definition) is 0. The third-order valence-electron chi connectivity index (χ3n) is 1.96. The standard InChI is InChI=1S/C8H7ClO5/c9-6-5(7(10)14-8(6)11)4-3-12-1-2-13-4/h4H,1-3H2. The third kappa shape index (κ3) is 1.54. The number of halogens is 1. The molecule has 6 heteroatoms. The van der Waals surface area contributed by atoms with Gasteiger partial charge in [-0.25, -0.2) is 9.59 Å². The Morgan fingerprint density at radius 2 is 2.00 bits per heavy atom. The molecule has 14 heavy (non-hydrogen) atoms. The highest BCUT2D eigenvalue weighted by Gasteiger charge is 2.38. The fraction of sp³-hybridized carbons (Fsp3) is 0.500. The van der Waals surface area contributed by atoms with E-state index in [0.29, 0.717) is 13.2 Å². The van der Waals surface area contributed by atoms with Crippen LogP contribution in [-0.2, 0) is 23.8 Å². The molecule has 5 nitrogen and oxygen atoms in total.